The van der Waals surface area contributed by atoms with E-state index < -0.39 is 5.97 Å². The Morgan fingerprint density at radius 1 is 1.21 bits per heavy atom. The first-order valence-corrected chi connectivity index (χ1v) is 5.89. The minimum Gasteiger partial charge on any atom is -0.495 e. The second-order valence-corrected chi connectivity index (χ2v) is 4.34. The Balaban J connectivity index is 3.08. The Labute approximate surface area is 113 Å². The van der Waals surface area contributed by atoms with Crippen LogP contribution in [0.2, 0.25) is 0 Å². The van der Waals surface area contributed by atoms with Crippen LogP contribution >= 0.6 is 0 Å². The fourth-order valence-corrected chi connectivity index (χ4v) is 1.95. The molecule has 0 heterocycles. The summed E-state index contributed by atoms with van der Waals surface area (Å²) >= 11 is 0. The highest BCUT2D eigenvalue weighted by Gasteiger charge is 2.20. The summed E-state index contributed by atoms with van der Waals surface area (Å²) in [5.74, 6) is -0.282. The highest BCUT2D eigenvalue weighted by atomic mass is 16.5. The fraction of sp³-hybridized carbons (Fsp3) is 0.429. The number of aryl methyl sites for hydroxylation is 2. The normalized spacial score (nSPS) is 9.95. The van der Waals surface area contributed by atoms with E-state index in [-0.39, 0.29) is 12.3 Å². The number of rotatable bonds is 4. The van der Waals surface area contributed by atoms with Gasteiger partial charge in [0.05, 0.1) is 19.9 Å². The van der Waals surface area contributed by atoms with Crippen LogP contribution in [0.15, 0.2) is 12.1 Å². The molecule has 0 fully saturated rings. The molecule has 0 unspecified atom stereocenters. The molecule has 0 saturated carbocycles. The van der Waals surface area contributed by atoms with Gasteiger partial charge in [-0.3, -0.25) is 9.59 Å². The first kappa shape index (κ1) is 15.0. The lowest BCUT2D eigenvalue weighted by atomic mass is 10.1. The number of esters is 1. The Bertz CT molecular complexity index is 496. The van der Waals surface area contributed by atoms with Crippen molar-refractivity contribution in [2.75, 3.05) is 26.2 Å². The number of amides is 1. The quantitative estimate of drug-likeness (QED) is 0.615. The maximum atomic E-state index is 12.0. The maximum absolute atomic E-state index is 12.0. The summed E-state index contributed by atoms with van der Waals surface area (Å²) in [5, 5.41) is 0. The van der Waals surface area contributed by atoms with Crippen LogP contribution in [0.1, 0.15) is 17.5 Å². The zero-order chi connectivity index (χ0) is 14.6. The van der Waals surface area contributed by atoms with Crippen molar-refractivity contribution in [1.82, 2.24) is 0 Å². The van der Waals surface area contributed by atoms with Crippen LogP contribution in [-0.2, 0) is 14.3 Å². The molecule has 1 aromatic rings. The molecule has 5 heteroatoms. The number of methoxy groups -OCH3 is 2. The molecule has 104 valence electrons. The van der Waals surface area contributed by atoms with E-state index in [1.54, 1.807) is 14.2 Å². The molecule has 0 aromatic heterocycles. The van der Waals surface area contributed by atoms with E-state index in [9.17, 15) is 9.59 Å². The molecule has 0 atom stereocenters. The minimum absolute atomic E-state index is 0.288. The molecule has 0 spiro atoms. The summed E-state index contributed by atoms with van der Waals surface area (Å²) in [7, 11) is 4.43. The van der Waals surface area contributed by atoms with Crippen molar-refractivity contribution in [1.29, 1.82) is 0 Å². The largest absolute Gasteiger partial charge is 0.495 e. The van der Waals surface area contributed by atoms with Crippen molar-refractivity contribution < 1.29 is 19.1 Å². The number of carbonyl (C=O) groups is 2. The van der Waals surface area contributed by atoms with Gasteiger partial charge in [-0.15, -0.1) is 0 Å². The number of ether oxygens (including phenoxy) is 2. The van der Waals surface area contributed by atoms with Crippen molar-refractivity contribution in [2.24, 2.45) is 0 Å². The molecule has 0 radical (unpaired) electrons. The predicted octanol–water partition coefficient (Wildman–Crippen LogP) is 1.84. The van der Waals surface area contributed by atoms with Crippen molar-refractivity contribution in [3.8, 4) is 5.75 Å². The Morgan fingerprint density at radius 3 is 2.37 bits per heavy atom. The molecule has 0 aliphatic rings. The number of carbonyl (C=O) groups excluding carboxylic acids is 2. The van der Waals surface area contributed by atoms with E-state index in [4.69, 9.17) is 4.74 Å². The van der Waals surface area contributed by atoms with Gasteiger partial charge in [0.25, 0.3) is 0 Å². The molecular weight excluding hydrogens is 246 g/mol. The zero-order valence-electron chi connectivity index (χ0n) is 11.9. The van der Waals surface area contributed by atoms with Crippen LogP contribution in [0, 0.1) is 13.8 Å². The van der Waals surface area contributed by atoms with Gasteiger partial charge >= 0.3 is 5.97 Å². The average molecular weight is 265 g/mol. The molecule has 0 aliphatic heterocycles. The number of benzene rings is 1. The third-order valence-corrected chi connectivity index (χ3v) is 2.86. The predicted molar refractivity (Wildman–Crippen MR) is 72.5 cm³/mol. The summed E-state index contributed by atoms with van der Waals surface area (Å²) in [4.78, 5) is 24.6. The summed E-state index contributed by atoms with van der Waals surface area (Å²) in [6, 6.07) is 3.81. The Kier molecular flexibility index (Phi) is 4.92. The van der Waals surface area contributed by atoms with Gasteiger partial charge in [-0.25, -0.2) is 0 Å². The van der Waals surface area contributed by atoms with E-state index in [2.05, 4.69) is 4.74 Å². The molecule has 5 nitrogen and oxygen atoms in total. The number of hydrogen-bond acceptors (Lipinski definition) is 4. The summed E-state index contributed by atoms with van der Waals surface area (Å²) in [6.45, 7) is 3.85. The first-order valence-electron chi connectivity index (χ1n) is 5.89. The van der Waals surface area contributed by atoms with Crippen molar-refractivity contribution in [3.05, 3.63) is 23.3 Å². The molecule has 1 amide bonds. The van der Waals surface area contributed by atoms with Crippen LogP contribution < -0.4 is 9.64 Å². The monoisotopic (exact) mass is 265 g/mol. The van der Waals surface area contributed by atoms with Gasteiger partial charge in [-0.2, -0.15) is 0 Å². The second-order valence-electron chi connectivity index (χ2n) is 4.34. The van der Waals surface area contributed by atoms with Gasteiger partial charge in [0.1, 0.15) is 12.2 Å². The van der Waals surface area contributed by atoms with E-state index in [1.807, 2.05) is 26.0 Å². The van der Waals surface area contributed by atoms with Crippen molar-refractivity contribution in [2.45, 2.75) is 20.3 Å². The van der Waals surface area contributed by atoms with Crippen LogP contribution in [0.3, 0.4) is 0 Å². The van der Waals surface area contributed by atoms with Crippen molar-refractivity contribution in [3.63, 3.8) is 0 Å². The summed E-state index contributed by atoms with van der Waals surface area (Å²) < 4.78 is 9.79. The smallest absolute Gasteiger partial charge is 0.315 e. The molecule has 0 saturated heterocycles. The van der Waals surface area contributed by atoms with Crippen LogP contribution in [0.5, 0.6) is 5.75 Å². The highest BCUT2D eigenvalue weighted by Crippen LogP contribution is 2.32. The Morgan fingerprint density at radius 2 is 1.84 bits per heavy atom. The van der Waals surface area contributed by atoms with Crippen molar-refractivity contribution >= 4 is 17.6 Å². The first-order chi connectivity index (χ1) is 8.90. The zero-order valence-corrected chi connectivity index (χ0v) is 11.9. The lowest BCUT2D eigenvalue weighted by molar-refractivity contribution is -0.143. The lowest BCUT2D eigenvalue weighted by Crippen LogP contribution is -2.29. The molecular formula is C14H19NO4. The van der Waals surface area contributed by atoms with Gasteiger partial charge in [-0.05, 0) is 31.0 Å². The number of anilines is 1. The SMILES string of the molecule is COC(=O)CC(=O)N(C)c1c(C)cc(C)cc1OC. The van der Waals surface area contributed by atoms with Gasteiger partial charge in [0, 0.05) is 7.05 Å². The number of nitrogens with zero attached hydrogens (tertiary/aromatic N) is 1. The van der Waals surface area contributed by atoms with Crippen LogP contribution in [0.4, 0.5) is 5.69 Å². The fourth-order valence-electron chi connectivity index (χ4n) is 1.95. The lowest BCUT2D eigenvalue weighted by Gasteiger charge is -2.22. The topological polar surface area (TPSA) is 55.8 Å². The standard InChI is InChI=1S/C14H19NO4/c1-9-6-10(2)14(11(7-9)18-4)15(3)12(16)8-13(17)19-5/h6-7H,8H2,1-5H3. The van der Waals surface area contributed by atoms with Crippen LogP contribution in [0.25, 0.3) is 0 Å². The molecule has 1 rings (SSSR count). The molecule has 19 heavy (non-hydrogen) atoms. The molecule has 0 aliphatic carbocycles. The average Bonchev–Trinajstić information content (AvgIpc) is 2.36. The molecule has 0 bridgehead atoms. The van der Waals surface area contributed by atoms with E-state index in [0.717, 1.165) is 11.1 Å². The summed E-state index contributed by atoms with van der Waals surface area (Å²) in [6.07, 6.45) is -0.288. The van der Waals surface area contributed by atoms with Crippen LogP contribution in [-0.4, -0.2) is 33.1 Å². The van der Waals surface area contributed by atoms with E-state index >= 15 is 0 Å². The minimum atomic E-state index is -0.555. The van der Waals surface area contributed by atoms with Gasteiger partial charge in [0.2, 0.25) is 5.91 Å². The van der Waals surface area contributed by atoms with E-state index in [0.29, 0.717) is 11.4 Å². The third kappa shape index (κ3) is 3.47. The second kappa shape index (κ2) is 6.22. The molecule has 0 N–H and O–H groups in total. The van der Waals surface area contributed by atoms with Gasteiger partial charge in [-0.1, -0.05) is 6.07 Å². The number of hydrogen-bond donors (Lipinski definition) is 0. The summed E-state index contributed by atoms with van der Waals surface area (Å²) in [5.41, 5.74) is 2.63. The molecule has 1 aromatic carbocycles. The highest BCUT2D eigenvalue weighted by molar-refractivity contribution is 6.04. The third-order valence-electron chi connectivity index (χ3n) is 2.86. The maximum Gasteiger partial charge on any atom is 0.315 e. The van der Waals surface area contributed by atoms with Gasteiger partial charge in [0.15, 0.2) is 0 Å². The van der Waals surface area contributed by atoms with Gasteiger partial charge < -0.3 is 14.4 Å². The van der Waals surface area contributed by atoms with E-state index in [1.165, 1.54) is 12.0 Å². The Hall–Kier alpha value is -2.04.